The second-order valence-corrected chi connectivity index (χ2v) is 6.91. The van der Waals surface area contributed by atoms with Crippen LogP contribution in [0.4, 0.5) is 0 Å². The van der Waals surface area contributed by atoms with E-state index >= 15 is 0 Å². The van der Waals surface area contributed by atoms with Gasteiger partial charge in [-0.05, 0) is 11.8 Å². The molecule has 1 rings (SSSR count). The van der Waals surface area contributed by atoms with Gasteiger partial charge in [0.15, 0.2) is 6.29 Å². The predicted molar refractivity (Wildman–Crippen MR) is 89.7 cm³/mol. The van der Waals surface area contributed by atoms with Crippen LogP contribution in [0.5, 0.6) is 0 Å². The molecular formula is C19H30O3. The number of carbonyl (C=O) groups excluding carboxylic acids is 1. The number of unbranched alkanes of at least 4 members (excludes halogenated alkanes) is 3. The van der Waals surface area contributed by atoms with Crippen molar-refractivity contribution < 1.29 is 14.3 Å². The molecule has 0 heterocycles. The summed E-state index contributed by atoms with van der Waals surface area (Å²) >= 11 is 0. The zero-order chi connectivity index (χ0) is 16.5. The fourth-order valence-electron chi connectivity index (χ4n) is 2.09. The summed E-state index contributed by atoms with van der Waals surface area (Å²) in [6.45, 7) is 9.39. The minimum Gasteiger partial charge on any atom is -0.340 e. The largest absolute Gasteiger partial charge is 0.340 e. The van der Waals surface area contributed by atoms with Gasteiger partial charge in [-0.15, -0.1) is 0 Å². The summed E-state index contributed by atoms with van der Waals surface area (Å²) in [4.78, 5) is 11.8. The zero-order valence-corrected chi connectivity index (χ0v) is 14.4. The van der Waals surface area contributed by atoms with E-state index in [0.29, 0.717) is 13.2 Å². The second-order valence-electron chi connectivity index (χ2n) is 6.91. The topological polar surface area (TPSA) is 35.5 Å². The fourth-order valence-corrected chi connectivity index (χ4v) is 2.09. The molecule has 0 saturated carbocycles. The third-order valence-electron chi connectivity index (χ3n) is 3.37. The average Bonchev–Trinajstić information content (AvgIpc) is 2.50. The van der Waals surface area contributed by atoms with E-state index in [4.69, 9.17) is 9.47 Å². The van der Waals surface area contributed by atoms with Crippen molar-refractivity contribution in [2.24, 2.45) is 5.41 Å². The maximum Gasteiger partial charge on any atom is 0.253 e. The first-order chi connectivity index (χ1) is 10.4. The van der Waals surface area contributed by atoms with Gasteiger partial charge in [-0.3, -0.25) is 4.79 Å². The van der Waals surface area contributed by atoms with E-state index in [1.165, 1.54) is 12.8 Å². The molecule has 0 N–H and O–H groups in total. The molecule has 1 aromatic rings. The molecule has 0 spiro atoms. The van der Waals surface area contributed by atoms with Crippen LogP contribution in [0.3, 0.4) is 0 Å². The summed E-state index contributed by atoms with van der Waals surface area (Å²) in [7, 11) is 0. The Balaban J connectivity index is 2.80. The lowest BCUT2D eigenvalue weighted by Gasteiger charge is -2.32. The second kappa shape index (κ2) is 9.06. The maximum absolute atomic E-state index is 11.8. The number of hydrogen-bond donors (Lipinski definition) is 0. The van der Waals surface area contributed by atoms with Crippen molar-refractivity contribution in [3.8, 4) is 0 Å². The number of benzene rings is 1. The van der Waals surface area contributed by atoms with E-state index in [9.17, 15) is 4.79 Å². The number of ether oxygens (including phenoxy) is 2. The first kappa shape index (κ1) is 18.9. The Morgan fingerprint density at radius 3 is 2.23 bits per heavy atom. The molecule has 3 nitrogen and oxygen atoms in total. The third-order valence-corrected chi connectivity index (χ3v) is 3.37. The van der Waals surface area contributed by atoms with Crippen LogP contribution in [-0.4, -0.2) is 19.5 Å². The van der Waals surface area contributed by atoms with Gasteiger partial charge in [0.2, 0.25) is 0 Å². The minimum absolute atomic E-state index is 0.0331. The van der Waals surface area contributed by atoms with Crippen LogP contribution in [0.2, 0.25) is 0 Å². The van der Waals surface area contributed by atoms with Gasteiger partial charge in [-0.25, -0.2) is 0 Å². The van der Waals surface area contributed by atoms with Crippen LogP contribution in [0, 0.1) is 5.41 Å². The molecule has 0 aromatic heterocycles. The highest BCUT2D eigenvalue weighted by molar-refractivity contribution is 5.63. The van der Waals surface area contributed by atoms with Crippen LogP contribution in [-0.2, 0) is 20.1 Å². The molecular weight excluding hydrogens is 276 g/mol. The smallest absolute Gasteiger partial charge is 0.253 e. The quantitative estimate of drug-likeness (QED) is 0.357. The molecule has 124 valence electrons. The van der Waals surface area contributed by atoms with Crippen molar-refractivity contribution in [1.82, 2.24) is 0 Å². The summed E-state index contributed by atoms with van der Waals surface area (Å²) < 4.78 is 11.9. The Labute approximate surface area is 135 Å². The van der Waals surface area contributed by atoms with E-state index in [0.717, 1.165) is 24.7 Å². The van der Waals surface area contributed by atoms with Gasteiger partial charge in [-0.1, -0.05) is 77.3 Å². The molecule has 0 fully saturated rings. The SMILES string of the molecule is CCCCCCOC(C=O)(OCC(C)(C)C)c1ccccc1. The Bertz CT molecular complexity index is 422. The summed E-state index contributed by atoms with van der Waals surface area (Å²) in [6.07, 6.45) is 5.20. The molecule has 3 heteroatoms. The molecule has 0 aliphatic carbocycles. The monoisotopic (exact) mass is 306 g/mol. The van der Waals surface area contributed by atoms with Crippen molar-refractivity contribution in [1.29, 1.82) is 0 Å². The lowest BCUT2D eigenvalue weighted by molar-refractivity contribution is -0.235. The summed E-state index contributed by atoms with van der Waals surface area (Å²) in [5.74, 6) is -1.29. The maximum atomic E-state index is 11.8. The molecule has 1 unspecified atom stereocenters. The molecule has 0 saturated heterocycles. The normalized spacial score (nSPS) is 14.5. The van der Waals surface area contributed by atoms with E-state index in [2.05, 4.69) is 27.7 Å². The molecule has 0 aliphatic heterocycles. The van der Waals surface area contributed by atoms with E-state index in [1.54, 1.807) is 0 Å². The highest BCUT2D eigenvalue weighted by atomic mass is 16.7. The van der Waals surface area contributed by atoms with Crippen LogP contribution in [0.15, 0.2) is 30.3 Å². The molecule has 22 heavy (non-hydrogen) atoms. The van der Waals surface area contributed by atoms with E-state index in [1.807, 2.05) is 30.3 Å². The average molecular weight is 306 g/mol. The predicted octanol–water partition coefficient (Wildman–Crippen LogP) is 4.70. The van der Waals surface area contributed by atoms with Gasteiger partial charge in [0.05, 0.1) is 13.2 Å². The van der Waals surface area contributed by atoms with Gasteiger partial charge < -0.3 is 9.47 Å². The van der Waals surface area contributed by atoms with Crippen LogP contribution >= 0.6 is 0 Å². The first-order valence-electron chi connectivity index (χ1n) is 8.23. The Hall–Kier alpha value is -1.19. The molecule has 0 amide bonds. The highest BCUT2D eigenvalue weighted by Crippen LogP contribution is 2.28. The van der Waals surface area contributed by atoms with Crippen molar-refractivity contribution in [2.45, 2.75) is 59.2 Å². The molecule has 1 aromatic carbocycles. The number of hydrogen-bond acceptors (Lipinski definition) is 3. The molecule has 1 atom stereocenters. The number of rotatable bonds is 10. The standard InChI is InChI=1S/C19H30O3/c1-5-6-7-11-14-21-19(15-20,22-16-18(2,3)4)17-12-9-8-10-13-17/h8-10,12-13,15H,5-7,11,14,16H2,1-4H3. The Kier molecular flexibility index (Phi) is 7.77. The Morgan fingerprint density at radius 2 is 1.68 bits per heavy atom. The lowest BCUT2D eigenvalue weighted by atomic mass is 9.98. The zero-order valence-electron chi connectivity index (χ0n) is 14.4. The highest BCUT2D eigenvalue weighted by Gasteiger charge is 2.35. The van der Waals surface area contributed by atoms with E-state index in [-0.39, 0.29) is 5.41 Å². The van der Waals surface area contributed by atoms with Gasteiger partial charge in [-0.2, -0.15) is 0 Å². The van der Waals surface area contributed by atoms with Crippen molar-refractivity contribution in [2.75, 3.05) is 13.2 Å². The van der Waals surface area contributed by atoms with Crippen molar-refractivity contribution in [3.05, 3.63) is 35.9 Å². The molecule has 0 aliphatic rings. The summed E-state index contributed by atoms with van der Waals surface area (Å²) in [6, 6.07) is 9.47. The fraction of sp³-hybridized carbons (Fsp3) is 0.632. The molecule has 0 radical (unpaired) electrons. The van der Waals surface area contributed by atoms with Crippen molar-refractivity contribution >= 4 is 6.29 Å². The third kappa shape index (κ3) is 6.29. The number of aldehydes is 1. The summed E-state index contributed by atoms with van der Waals surface area (Å²) in [5.41, 5.74) is 0.721. The van der Waals surface area contributed by atoms with Crippen LogP contribution < -0.4 is 0 Å². The Morgan fingerprint density at radius 1 is 1.00 bits per heavy atom. The van der Waals surface area contributed by atoms with E-state index < -0.39 is 5.79 Å². The van der Waals surface area contributed by atoms with Gasteiger partial charge in [0.25, 0.3) is 5.79 Å². The van der Waals surface area contributed by atoms with Gasteiger partial charge in [0, 0.05) is 5.56 Å². The summed E-state index contributed by atoms with van der Waals surface area (Å²) in [5, 5.41) is 0. The molecule has 0 bridgehead atoms. The van der Waals surface area contributed by atoms with Crippen LogP contribution in [0.25, 0.3) is 0 Å². The number of carbonyl (C=O) groups is 1. The van der Waals surface area contributed by atoms with Gasteiger partial charge >= 0.3 is 0 Å². The van der Waals surface area contributed by atoms with Crippen LogP contribution in [0.1, 0.15) is 58.9 Å². The van der Waals surface area contributed by atoms with Gasteiger partial charge in [0.1, 0.15) is 0 Å². The minimum atomic E-state index is -1.29. The first-order valence-corrected chi connectivity index (χ1v) is 8.23. The lowest BCUT2D eigenvalue weighted by Crippen LogP contribution is -2.38. The van der Waals surface area contributed by atoms with Crippen molar-refractivity contribution in [3.63, 3.8) is 0 Å².